The molecule has 0 aromatic heterocycles. The molecule has 0 saturated carbocycles. The van der Waals surface area contributed by atoms with Gasteiger partial charge in [-0.2, -0.15) is 0 Å². The van der Waals surface area contributed by atoms with Gasteiger partial charge in [0.1, 0.15) is 5.75 Å². The van der Waals surface area contributed by atoms with Crippen molar-refractivity contribution in [2.75, 3.05) is 7.11 Å². The molecule has 0 saturated heterocycles. The first-order valence-electron chi connectivity index (χ1n) is 6.09. The smallest absolute Gasteiger partial charge is 0.198 e. The third-order valence-corrected chi connectivity index (χ3v) is 4.22. The fourth-order valence-corrected chi connectivity index (χ4v) is 3.42. The summed E-state index contributed by atoms with van der Waals surface area (Å²) in [5.74, 6) is 0.570. The van der Waals surface area contributed by atoms with E-state index in [1.165, 1.54) is 0 Å². The van der Waals surface area contributed by atoms with Gasteiger partial charge in [-0.15, -0.1) is 0 Å². The lowest BCUT2D eigenvalue weighted by molar-refractivity contribution is 0.103. The molecule has 2 aromatic carbocycles. The Morgan fingerprint density at radius 3 is 2.40 bits per heavy atom. The summed E-state index contributed by atoms with van der Waals surface area (Å²) in [6.07, 6.45) is 0. The van der Waals surface area contributed by atoms with Crippen LogP contribution in [0.15, 0.2) is 39.3 Å². The summed E-state index contributed by atoms with van der Waals surface area (Å²) in [5, 5.41) is 0. The number of ether oxygens (including phenoxy) is 1. The molecule has 2 nitrogen and oxygen atoms in total. The number of aryl methyl sites for hydroxylation is 2. The Kier molecular flexibility index (Phi) is 4.66. The molecule has 0 atom stereocenters. The van der Waals surface area contributed by atoms with Gasteiger partial charge in [-0.25, -0.2) is 0 Å². The first-order chi connectivity index (χ1) is 9.43. The van der Waals surface area contributed by atoms with E-state index in [0.717, 1.165) is 20.1 Å². The second-order valence-electron chi connectivity index (χ2n) is 4.61. The van der Waals surface area contributed by atoms with E-state index in [0.29, 0.717) is 16.9 Å². The van der Waals surface area contributed by atoms with Gasteiger partial charge in [-0.1, -0.05) is 22.0 Å². The van der Waals surface area contributed by atoms with Gasteiger partial charge >= 0.3 is 0 Å². The monoisotopic (exact) mass is 396 g/mol. The number of carbonyl (C=O) groups is 1. The second-order valence-corrected chi connectivity index (χ2v) is 6.38. The molecular formula is C16H14Br2O2. The minimum Gasteiger partial charge on any atom is -0.496 e. The van der Waals surface area contributed by atoms with Crippen LogP contribution in [0.4, 0.5) is 0 Å². The Hall–Kier alpha value is -1.13. The fourth-order valence-electron chi connectivity index (χ4n) is 2.19. The molecule has 0 amide bonds. The summed E-state index contributed by atoms with van der Waals surface area (Å²) < 4.78 is 7.06. The highest BCUT2D eigenvalue weighted by Crippen LogP contribution is 2.30. The molecule has 0 bridgehead atoms. The van der Waals surface area contributed by atoms with Gasteiger partial charge in [0.05, 0.1) is 12.7 Å². The van der Waals surface area contributed by atoms with E-state index in [-0.39, 0.29) is 5.78 Å². The number of hydrogen-bond donors (Lipinski definition) is 0. The van der Waals surface area contributed by atoms with Crippen LogP contribution in [0.25, 0.3) is 0 Å². The van der Waals surface area contributed by atoms with E-state index in [2.05, 4.69) is 31.9 Å². The Balaban J connectivity index is 2.59. The highest BCUT2D eigenvalue weighted by Gasteiger charge is 2.19. The lowest BCUT2D eigenvalue weighted by Crippen LogP contribution is -2.07. The summed E-state index contributed by atoms with van der Waals surface area (Å²) in [7, 11) is 1.58. The van der Waals surface area contributed by atoms with Crippen molar-refractivity contribution in [3.63, 3.8) is 0 Å². The van der Waals surface area contributed by atoms with E-state index in [9.17, 15) is 4.79 Å². The lowest BCUT2D eigenvalue weighted by Gasteiger charge is -2.13. The maximum atomic E-state index is 12.8. The molecule has 2 aromatic rings. The number of halogens is 2. The maximum Gasteiger partial charge on any atom is 0.198 e. The normalized spacial score (nSPS) is 10.4. The molecule has 0 unspecified atom stereocenters. The van der Waals surface area contributed by atoms with Gasteiger partial charge in [-0.3, -0.25) is 4.79 Å². The van der Waals surface area contributed by atoms with Crippen LogP contribution in [0.3, 0.4) is 0 Å². The standard InChI is InChI=1S/C16H14Br2O2/c1-9-6-10(2)15(14(7-9)20-3)16(19)12-5-4-11(17)8-13(12)18/h4-8H,1-3H3. The Bertz CT molecular complexity index is 678. The molecule has 20 heavy (non-hydrogen) atoms. The summed E-state index contributed by atoms with van der Waals surface area (Å²) in [4.78, 5) is 12.8. The third-order valence-electron chi connectivity index (χ3n) is 3.07. The molecule has 104 valence electrons. The summed E-state index contributed by atoms with van der Waals surface area (Å²) in [6, 6.07) is 9.39. The van der Waals surface area contributed by atoms with Crippen LogP contribution >= 0.6 is 31.9 Å². The molecule has 0 fully saturated rings. The van der Waals surface area contributed by atoms with Gasteiger partial charge in [0.2, 0.25) is 0 Å². The quantitative estimate of drug-likeness (QED) is 0.676. The van der Waals surface area contributed by atoms with Crippen LogP contribution in [0.5, 0.6) is 5.75 Å². The minimum absolute atomic E-state index is 0.0428. The zero-order valence-electron chi connectivity index (χ0n) is 11.5. The number of benzene rings is 2. The van der Waals surface area contributed by atoms with Crippen LogP contribution < -0.4 is 4.74 Å². The number of carbonyl (C=O) groups excluding carboxylic acids is 1. The predicted octanol–water partition coefficient (Wildman–Crippen LogP) is 5.07. The molecular weight excluding hydrogens is 384 g/mol. The third kappa shape index (κ3) is 2.96. The average Bonchev–Trinajstić information content (AvgIpc) is 2.37. The SMILES string of the molecule is COc1cc(C)cc(C)c1C(=O)c1ccc(Br)cc1Br. The molecule has 0 radical (unpaired) electrons. The van der Waals surface area contributed by atoms with Crippen molar-refractivity contribution in [3.05, 3.63) is 61.5 Å². The molecule has 2 rings (SSSR count). The van der Waals surface area contributed by atoms with Gasteiger partial charge < -0.3 is 4.74 Å². The topological polar surface area (TPSA) is 26.3 Å². The molecule has 0 aliphatic heterocycles. The number of rotatable bonds is 3. The van der Waals surface area contributed by atoms with Crippen LogP contribution in [-0.2, 0) is 0 Å². The highest BCUT2D eigenvalue weighted by molar-refractivity contribution is 9.11. The number of ketones is 1. The maximum absolute atomic E-state index is 12.8. The zero-order valence-corrected chi connectivity index (χ0v) is 14.6. The van der Waals surface area contributed by atoms with E-state index in [1.807, 2.05) is 38.1 Å². The van der Waals surface area contributed by atoms with Gasteiger partial charge in [0, 0.05) is 14.5 Å². The molecule has 0 N–H and O–H groups in total. The molecule has 0 heterocycles. The first kappa shape index (κ1) is 15.3. The summed E-state index contributed by atoms with van der Waals surface area (Å²) in [5.41, 5.74) is 3.23. The summed E-state index contributed by atoms with van der Waals surface area (Å²) >= 11 is 6.83. The van der Waals surface area contributed by atoms with E-state index < -0.39 is 0 Å². The van der Waals surface area contributed by atoms with E-state index in [1.54, 1.807) is 13.2 Å². The first-order valence-corrected chi connectivity index (χ1v) is 7.67. The van der Waals surface area contributed by atoms with Gasteiger partial charge in [0.25, 0.3) is 0 Å². The number of methoxy groups -OCH3 is 1. The van der Waals surface area contributed by atoms with E-state index in [4.69, 9.17) is 4.74 Å². The second kappa shape index (κ2) is 6.10. The van der Waals surface area contributed by atoms with Crippen molar-refractivity contribution in [2.24, 2.45) is 0 Å². The minimum atomic E-state index is -0.0428. The van der Waals surface area contributed by atoms with Gasteiger partial charge in [0.15, 0.2) is 5.78 Å². The Labute approximate surface area is 135 Å². The zero-order chi connectivity index (χ0) is 14.9. The van der Waals surface area contributed by atoms with Crippen LogP contribution in [0.2, 0.25) is 0 Å². The largest absolute Gasteiger partial charge is 0.496 e. The van der Waals surface area contributed by atoms with Crippen LogP contribution in [0.1, 0.15) is 27.0 Å². The van der Waals surface area contributed by atoms with Crippen molar-refractivity contribution in [2.45, 2.75) is 13.8 Å². The Morgan fingerprint density at radius 1 is 1.10 bits per heavy atom. The van der Waals surface area contributed by atoms with Crippen molar-refractivity contribution in [3.8, 4) is 5.75 Å². The van der Waals surface area contributed by atoms with Crippen molar-refractivity contribution in [1.82, 2.24) is 0 Å². The Morgan fingerprint density at radius 2 is 1.80 bits per heavy atom. The summed E-state index contributed by atoms with van der Waals surface area (Å²) in [6.45, 7) is 3.91. The average molecular weight is 398 g/mol. The molecule has 0 aliphatic carbocycles. The molecule has 4 heteroatoms. The predicted molar refractivity (Wildman–Crippen MR) is 87.7 cm³/mol. The van der Waals surface area contributed by atoms with Crippen molar-refractivity contribution >= 4 is 37.6 Å². The van der Waals surface area contributed by atoms with Crippen LogP contribution in [-0.4, -0.2) is 12.9 Å². The van der Waals surface area contributed by atoms with Crippen molar-refractivity contribution in [1.29, 1.82) is 0 Å². The lowest BCUT2D eigenvalue weighted by atomic mass is 9.96. The highest BCUT2D eigenvalue weighted by atomic mass is 79.9. The van der Waals surface area contributed by atoms with Crippen LogP contribution in [0, 0.1) is 13.8 Å². The van der Waals surface area contributed by atoms with Crippen molar-refractivity contribution < 1.29 is 9.53 Å². The van der Waals surface area contributed by atoms with Gasteiger partial charge in [-0.05, 0) is 65.2 Å². The molecule has 0 aliphatic rings. The molecule has 0 spiro atoms. The fraction of sp³-hybridized carbons (Fsp3) is 0.188. The number of hydrogen-bond acceptors (Lipinski definition) is 2. The van der Waals surface area contributed by atoms with E-state index >= 15 is 0 Å².